The minimum Gasteiger partial charge on any atom is -0.397 e. The molecule has 94 valence electrons. The third kappa shape index (κ3) is 7.63. The lowest BCUT2D eigenvalue weighted by Crippen LogP contribution is -2.46. The fraction of sp³-hybridized carbons (Fsp3) is 1.00. The minimum atomic E-state index is -1.67. The fourth-order valence-electron chi connectivity index (χ4n) is 0.671. The van der Waals surface area contributed by atoms with Crippen LogP contribution >= 0.6 is 0 Å². The van der Waals surface area contributed by atoms with E-state index < -0.39 is 37.6 Å². The summed E-state index contributed by atoms with van der Waals surface area (Å²) in [7, 11) is 0. The van der Waals surface area contributed by atoms with Gasteiger partial charge in [-0.05, 0) is 6.92 Å². The van der Waals surface area contributed by atoms with E-state index in [1.165, 1.54) is 0 Å². The SMILES string of the molecule is CCO.OC[C@@H](O)[C@@H](O)[C@H](O)[C@@H](O)CO. The number of hydrogen-bond donors (Lipinski definition) is 7. The van der Waals surface area contributed by atoms with Gasteiger partial charge in [0.25, 0.3) is 0 Å². The zero-order valence-corrected chi connectivity index (χ0v) is 8.56. The largest absolute Gasteiger partial charge is 0.397 e. The Labute approximate surface area is 87.9 Å². The van der Waals surface area contributed by atoms with E-state index in [9.17, 15) is 0 Å². The summed E-state index contributed by atoms with van der Waals surface area (Å²) in [6, 6.07) is 0. The van der Waals surface area contributed by atoms with E-state index in [1.807, 2.05) is 0 Å². The number of aliphatic hydroxyl groups excluding tert-OH is 7. The highest BCUT2D eigenvalue weighted by Crippen LogP contribution is 2.03. The van der Waals surface area contributed by atoms with Crippen LogP contribution in [0.4, 0.5) is 0 Å². The van der Waals surface area contributed by atoms with Gasteiger partial charge in [0.2, 0.25) is 0 Å². The zero-order valence-electron chi connectivity index (χ0n) is 8.56. The van der Waals surface area contributed by atoms with Crippen LogP contribution in [0.2, 0.25) is 0 Å². The van der Waals surface area contributed by atoms with Gasteiger partial charge in [0.15, 0.2) is 0 Å². The minimum absolute atomic E-state index is 0.250. The molecule has 0 aromatic carbocycles. The highest BCUT2D eigenvalue weighted by atomic mass is 16.4. The highest BCUT2D eigenvalue weighted by molar-refractivity contribution is 4.79. The van der Waals surface area contributed by atoms with Crippen molar-refractivity contribution in [2.45, 2.75) is 31.3 Å². The standard InChI is InChI=1S/C6H14O6.C2H6O/c7-1-3(9)5(11)6(12)4(10)2-8;1-2-3/h3-12H,1-2H2;3H,2H2,1H3/t3-,4+,5-,6-;/m1./s1. The van der Waals surface area contributed by atoms with Crippen LogP contribution in [0.5, 0.6) is 0 Å². The van der Waals surface area contributed by atoms with Crippen molar-refractivity contribution in [2.24, 2.45) is 0 Å². The van der Waals surface area contributed by atoms with Gasteiger partial charge in [-0.15, -0.1) is 0 Å². The number of hydrogen-bond acceptors (Lipinski definition) is 7. The van der Waals surface area contributed by atoms with Crippen LogP contribution in [0.1, 0.15) is 6.92 Å². The van der Waals surface area contributed by atoms with Gasteiger partial charge in [0, 0.05) is 6.61 Å². The Hall–Kier alpha value is -0.280. The van der Waals surface area contributed by atoms with E-state index in [4.69, 9.17) is 35.7 Å². The third-order valence-electron chi connectivity index (χ3n) is 1.51. The van der Waals surface area contributed by atoms with Crippen molar-refractivity contribution < 1.29 is 35.7 Å². The Morgan fingerprint density at radius 1 is 0.733 bits per heavy atom. The first-order valence-corrected chi connectivity index (χ1v) is 4.51. The molecule has 7 heteroatoms. The number of rotatable bonds is 5. The van der Waals surface area contributed by atoms with E-state index in [0.717, 1.165) is 0 Å². The van der Waals surface area contributed by atoms with Crippen LogP contribution in [-0.4, -0.2) is 80.0 Å². The number of aliphatic hydroxyl groups is 7. The van der Waals surface area contributed by atoms with E-state index in [1.54, 1.807) is 6.92 Å². The second-order valence-corrected chi connectivity index (χ2v) is 2.80. The summed E-state index contributed by atoms with van der Waals surface area (Å²) >= 11 is 0. The second-order valence-electron chi connectivity index (χ2n) is 2.80. The molecule has 15 heavy (non-hydrogen) atoms. The van der Waals surface area contributed by atoms with Gasteiger partial charge in [0.1, 0.15) is 24.4 Å². The molecule has 7 nitrogen and oxygen atoms in total. The van der Waals surface area contributed by atoms with Gasteiger partial charge in [-0.3, -0.25) is 0 Å². The summed E-state index contributed by atoms with van der Waals surface area (Å²) in [5, 5.41) is 59.7. The summed E-state index contributed by atoms with van der Waals surface area (Å²) < 4.78 is 0. The molecule has 0 unspecified atom stereocenters. The molecule has 0 heterocycles. The van der Waals surface area contributed by atoms with Crippen molar-refractivity contribution in [2.75, 3.05) is 19.8 Å². The molecule has 0 saturated carbocycles. The zero-order chi connectivity index (χ0) is 12.4. The Morgan fingerprint density at radius 3 is 1.07 bits per heavy atom. The summed E-state index contributed by atoms with van der Waals surface area (Å²) in [5.74, 6) is 0. The third-order valence-corrected chi connectivity index (χ3v) is 1.51. The maximum Gasteiger partial charge on any atom is 0.111 e. The molecular weight excluding hydrogens is 208 g/mol. The van der Waals surface area contributed by atoms with Crippen LogP contribution < -0.4 is 0 Å². The van der Waals surface area contributed by atoms with Crippen molar-refractivity contribution >= 4 is 0 Å². The van der Waals surface area contributed by atoms with E-state index in [-0.39, 0.29) is 6.61 Å². The van der Waals surface area contributed by atoms with Gasteiger partial charge < -0.3 is 35.7 Å². The van der Waals surface area contributed by atoms with E-state index in [0.29, 0.717) is 0 Å². The topological polar surface area (TPSA) is 142 Å². The molecule has 0 aromatic rings. The highest BCUT2D eigenvalue weighted by Gasteiger charge is 2.29. The predicted octanol–water partition coefficient (Wildman–Crippen LogP) is -3.59. The molecular formula is C8H20O7. The average Bonchev–Trinajstić information content (AvgIpc) is 2.25. The molecule has 0 aliphatic heterocycles. The van der Waals surface area contributed by atoms with Gasteiger partial charge in [0.05, 0.1) is 13.2 Å². The lowest BCUT2D eigenvalue weighted by molar-refractivity contribution is -0.123. The smallest absolute Gasteiger partial charge is 0.111 e. The first kappa shape index (κ1) is 17.1. The van der Waals surface area contributed by atoms with Crippen molar-refractivity contribution in [3.8, 4) is 0 Å². The van der Waals surface area contributed by atoms with E-state index in [2.05, 4.69) is 0 Å². The molecule has 0 aliphatic rings. The van der Waals surface area contributed by atoms with Crippen LogP contribution in [0, 0.1) is 0 Å². The first-order valence-electron chi connectivity index (χ1n) is 4.51. The van der Waals surface area contributed by atoms with Gasteiger partial charge >= 0.3 is 0 Å². The predicted molar refractivity (Wildman–Crippen MR) is 51.0 cm³/mol. The Balaban J connectivity index is 0. The van der Waals surface area contributed by atoms with Crippen molar-refractivity contribution in [3.05, 3.63) is 0 Å². The van der Waals surface area contributed by atoms with Gasteiger partial charge in [-0.1, -0.05) is 0 Å². The van der Waals surface area contributed by atoms with Crippen LogP contribution in [0.15, 0.2) is 0 Å². The van der Waals surface area contributed by atoms with Crippen molar-refractivity contribution in [3.63, 3.8) is 0 Å². The molecule has 7 N–H and O–H groups in total. The molecule has 0 amide bonds. The molecule has 0 spiro atoms. The summed E-state index contributed by atoms with van der Waals surface area (Å²) in [6.07, 6.45) is -6.39. The molecule has 4 atom stereocenters. The van der Waals surface area contributed by atoms with Crippen LogP contribution in [-0.2, 0) is 0 Å². The Morgan fingerprint density at radius 2 is 0.933 bits per heavy atom. The van der Waals surface area contributed by atoms with E-state index >= 15 is 0 Å². The summed E-state index contributed by atoms with van der Waals surface area (Å²) in [5.41, 5.74) is 0. The van der Waals surface area contributed by atoms with Crippen molar-refractivity contribution in [1.82, 2.24) is 0 Å². The molecule has 0 fully saturated rings. The molecule has 0 rings (SSSR count). The van der Waals surface area contributed by atoms with Gasteiger partial charge in [-0.2, -0.15) is 0 Å². The normalized spacial score (nSPS) is 18.4. The molecule has 0 saturated heterocycles. The monoisotopic (exact) mass is 228 g/mol. The fourth-order valence-corrected chi connectivity index (χ4v) is 0.671. The van der Waals surface area contributed by atoms with Crippen molar-refractivity contribution in [1.29, 1.82) is 0 Å². The quantitative estimate of drug-likeness (QED) is 0.258. The van der Waals surface area contributed by atoms with Crippen LogP contribution in [0.3, 0.4) is 0 Å². The molecule has 0 bridgehead atoms. The average molecular weight is 228 g/mol. The molecule has 0 aromatic heterocycles. The maximum absolute atomic E-state index is 8.96. The molecule has 0 radical (unpaired) electrons. The molecule has 0 aliphatic carbocycles. The van der Waals surface area contributed by atoms with Gasteiger partial charge in [-0.25, -0.2) is 0 Å². The summed E-state index contributed by atoms with van der Waals surface area (Å²) in [6.45, 7) is 0.479. The second kappa shape index (κ2) is 10.2. The summed E-state index contributed by atoms with van der Waals surface area (Å²) in [4.78, 5) is 0. The first-order chi connectivity index (χ1) is 6.95. The Kier molecular flexibility index (Phi) is 11.7. The van der Waals surface area contributed by atoms with Crippen LogP contribution in [0.25, 0.3) is 0 Å². The Bertz CT molecular complexity index is 118. The lowest BCUT2D eigenvalue weighted by atomic mass is 10.0. The maximum atomic E-state index is 8.96. The lowest BCUT2D eigenvalue weighted by Gasteiger charge is -2.24.